The molecular formula is C28H26N2O3. The Labute approximate surface area is 193 Å². The summed E-state index contributed by atoms with van der Waals surface area (Å²) in [6.45, 7) is 4.40. The van der Waals surface area contributed by atoms with E-state index in [0.29, 0.717) is 12.2 Å². The molecule has 0 fully saturated rings. The van der Waals surface area contributed by atoms with Crippen molar-refractivity contribution in [3.63, 3.8) is 0 Å². The Balaban J connectivity index is 1.56. The van der Waals surface area contributed by atoms with E-state index in [4.69, 9.17) is 4.42 Å². The smallest absolute Gasteiger partial charge is 0.294 e. The maximum atomic E-state index is 13.2. The summed E-state index contributed by atoms with van der Waals surface area (Å²) in [4.78, 5) is 27.5. The van der Waals surface area contributed by atoms with Gasteiger partial charge >= 0.3 is 0 Å². The highest BCUT2D eigenvalue weighted by Gasteiger charge is 2.21. The van der Waals surface area contributed by atoms with Crippen LogP contribution >= 0.6 is 0 Å². The molecule has 3 aromatic carbocycles. The minimum atomic E-state index is -0.234. The average Bonchev–Trinajstić information content (AvgIpc) is 3.33. The second-order valence-corrected chi connectivity index (χ2v) is 8.12. The lowest BCUT2D eigenvalue weighted by Gasteiger charge is -2.23. The van der Waals surface area contributed by atoms with Crippen molar-refractivity contribution in [1.29, 1.82) is 0 Å². The second-order valence-electron chi connectivity index (χ2n) is 8.12. The van der Waals surface area contributed by atoms with Gasteiger partial charge in [0.25, 0.3) is 5.91 Å². The molecule has 0 aliphatic rings. The van der Waals surface area contributed by atoms with E-state index in [0.717, 1.165) is 27.9 Å². The summed E-state index contributed by atoms with van der Waals surface area (Å²) in [6, 6.07) is 26.6. The fourth-order valence-electron chi connectivity index (χ4n) is 3.64. The number of furan rings is 1. The van der Waals surface area contributed by atoms with Crippen molar-refractivity contribution in [3.05, 3.63) is 119 Å². The predicted octanol–water partition coefficient (Wildman–Crippen LogP) is 5.92. The van der Waals surface area contributed by atoms with Crippen LogP contribution < -0.4 is 10.2 Å². The number of amides is 2. The highest BCUT2D eigenvalue weighted by molar-refractivity contribution is 6.04. The summed E-state index contributed by atoms with van der Waals surface area (Å²) in [5, 5.41) is 2.94. The monoisotopic (exact) mass is 438 g/mol. The maximum Gasteiger partial charge on any atom is 0.294 e. The molecule has 0 radical (unpaired) electrons. The molecule has 0 aliphatic carbocycles. The van der Waals surface area contributed by atoms with Crippen LogP contribution in [0.5, 0.6) is 0 Å². The number of benzene rings is 3. The molecule has 0 bridgehead atoms. The molecule has 4 rings (SSSR count). The minimum Gasteiger partial charge on any atom is -0.459 e. The van der Waals surface area contributed by atoms with E-state index in [1.165, 1.54) is 6.26 Å². The number of rotatable bonds is 7. The van der Waals surface area contributed by atoms with E-state index in [2.05, 4.69) is 5.32 Å². The molecule has 1 heterocycles. The molecule has 5 nitrogen and oxygen atoms in total. The number of anilines is 2. The molecule has 0 unspecified atom stereocenters. The van der Waals surface area contributed by atoms with Crippen LogP contribution in [-0.4, -0.2) is 11.8 Å². The molecule has 166 valence electrons. The Morgan fingerprint density at radius 1 is 0.818 bits per heavy atom. The van der Waals surface area contributed by atoms with Crippen molar-refractivity contribution in [2.24, 2.45) is 0 Å². The first-order chi connectivity index (χ1) is 16.0. The first-order valence-corrected chi connectivity index (χ1v) is 10.8. The van der Waals surface area contributed by atoms with Crippen LogP contribution in [0.2, 0.25) is 0 Å². The standard InChI is InChI=1S/C28H26N2O3/c1-20-11-13-22(14-12-20)19-30(28(32)26-10-5-15-33-26)25-9-4-7-23(17-25)18-27(31)29-24-8-3-6-21(2)16-24/h3-17H,18-19H2,1-2H3,(H,29,31). The number of nitrogens with zero attached hydrogens (tertiary/aromatic N) is 1. The predicted molar refractivity (Wildman–Crippen MR) is 130 cm³/mol. The first kappa shape index (κ1) is 22.1. The summed E-state index contributed by atoms with van der Waals surface area (Å²) in [6.07, 6.45) is 1.69. The van der Waals surface area contributed by atoms with Gasteiger partial charge in [-0.3, -0.25) is 9.59 Å². The van der Waals surface area contributed by atoms with E-state index in [1.807, 2.05) is 86.6 Å². The van der Waals surface area contributed by atoms with Gasteiger partial charge in [0, 0.05) is 11.4 Å². The van der Waals surface area contributed by atoms with Crippen LogP contribution in [-0.2, 0) is 17.8 Å². The third-order valence-corrected chi connectivity index (χ3v) is 5.33. The van der Waals surface area contributed by atoms with Crippen molar-refractivity contribution in [2.75, 3.05) is 10.2 Å². The highest BCUT2D eigenvalue weighted by atomic mass is 16.3. The lowest BCUT2D eigenvalue weighted by atomic mass is 10.1. The van der Waals surface area contributed by atoms with Gasteiger partial charge in [0.15, 0.2) is 5.76 Å². The third kappa shape index (κ3) is 5.77. The molecule has 0 saturated heterocycles. The van der Waals surface area contributed by atoms with Crippen LogP contribution in [0.1, 0.15) is 32.8 Å². The number of carbonyl (C=O) groups is 2. The topological polar surface area (TPSA) is 62.6 Å². The number of hydrogen-bond donors (Lipinski definition) is 1. The number of hydrogen-bond acceptors (Lipinski definition) is 3. The molecule has 4 aromatic rings. The van der Waals surface area contributed by atoms with Gasteiger partial charge in [-0.1, -0.05) is 54.1 Å². The number of aryl methyl sites for hydroxylation is 2. The Hall–Kier alpha value is -4.12. The van der Waals surface area contributed by atoms with Crippen molar-refractivity contribution in [3.8, 4) is 0 Å². The van der Waals surface area contributed by atoms with Gasteiger partial charge in [0.05, 0.1) is 19.2 Å². The molecule has 1 N–H and O–H groups in total. The fourth-order valence-corrected chi connectivity index (χ4v) is 3.64. The quantitative estimate of drug-likeness (QED) is 0.389. The largest absolute Gasteiger partial charge is 0.459 e. The normalized spacial score (nSPS) is 10.6. The molecule has 1 aromatic heterocycles. The SMILES string of the molecule is Cc1ccc(CN(C(=O)c2ccco2)c2cccc(CC(=O)Nc3cccc(C)c3)c2)cc1. The number of carbonyl (C=O) groups excluding carboxylic acids is 2. The lowest BCUT2D eigenvalue weighted by molar-refractivity contribution is -0.115. The zero-order valence-corrected chi connectivity index (χ0v) is 18.7. The Morgan fingerprint density at radius 3 is 2.33 bits per heavy atom. The highest BCUT2D eigenvalue weighted by Crippen LogP contribution is 2.23. The average molecular weight is 439 g/mol. The minimum absolute atomic E-state index is 0.111. The summed E-state index contributed by atoms with van der Waals surface area (Å²) < 4.78 is 5.37. The van der Waals surface area contributed by atoms with Crippen LogP contribution in [0, 0.1) is 13.8 Å². The van der Waals surface area contributed by atoms with Crippen molar-refractivity contribution in [1.82, 2.24) is 0 Å². The Bertz CT molecular complexity index is 1240. The lowest BCUT2D eigenvalue weighted by Crippen LogP contribution is -2.30. The van der Waals surface area contributed by atoms with E-state index in [1.54, 1.807) is 17.0 Å². The Kier molecular flexibility index (Phi) is 6.69. The van der Waals surface area contributed by atoms with Crippen LogP contribution in [0.3, 0.4) is 0 Å². The molecule has 0 atom stereocenters. The van der Waals surface area contributed by atoms with E-state index in [9.17, 15) is 9.59 Å². The molecule has 0 spiro atoms. The van der Waals surface area contributed by atoms with Crippen LogP contribution in [0.25, 0.3) is 0 Å². The Morgan fingerprint density at radius 2 is 1.61 bits per heavy atom. The van der Waals surface area contributed by atoms with Gasteiger partial charge in [-0.25, -0.2) is 0 Å². The van der Waals surface area contributed by atoms with E-state index in [-0.39, 0.29) is 24.0 Å². The van der Waals surface area contributed by atoms with Crippen molar-refractivity contribution < 1.29 is 14.0 Å². The first-order valence-electron chi connectivity index (χ1n) is 10.8. The third-order valence-electron chi connectivity index (χ3n) is 5.33. The molecule has 0 saturated carbocycles. The van der Waals surface area contributed by atoms with Gasteiger partial charge in [0.2, 0.25) is 5.91 Å². The second kappa shape index (κ2) is 10.0. The zero-order valence-electron chi connectivity index (χ0n) is 18.7. The molecule has 5 heteroatoms. The van der Waals surface area contributed by atoms with Crippen LogP contribution in [0.15, 0.2) is 95.6 Å². The van der Waals surface area contributed by atoms with Crippen LogP contribution in [0.4, 0.5) is 11.4 Å². The maximum absolute atomic E-state index is 13.2. The number of nitrogens with one attached hydrogen (secondary N) is 1. The molecule has 2 amide bonds. The molecular weight excluding hydrogens is 412 g/mol. The fraction of sp³-hybridized carbons (Fsp3) is 0.143. The van der Waals surface area contributed by atoms with Crippen molar-refractivity contribution >= 4 is 23.2 Å². The van der Waals surface area contributed by atoms with Gasteiger partial charge < -0.3 is 14.6 Å². The van der Waals surface area contributed by atoms with E-state index < -0.39 is 0 Å². The summed E-state index contributed by atoms with van der Waals surface area (Å²) in [5.74, 6) is -0.0770. The molecule has 33 heavy (non-hydrogen) atoms. The van der Waals surface area contributed by atoms with Gasteiger partial charge in [-0.05, 0) is 66.9 Å². The zero-order chi connectivity index (χ0) is 23.2. The summed E-state index contributed by atoms with van der Waals surface area (Å²) >= 11 is 0. The summed E-state index contributed by atoms with van der Waals surface area (Å²) in [7, 11) is 0. The van der Waals surface area contributed by atoms with Gasteiger partial charge in [0.1, 0.15) is 0 Å². The van der Waals surface area contributed by atoms with E-state index >= 15 is 0 Å². The molecule has 0 aliphatic heterocycles. The van der Waals surface area contributed by atoms with Gasteiger partial charge in [-0.15, -0.1) is 0 Å². The van der Waals surface area contributed by atoms with Crippen molar-refractivity contribution in [2.45, 2.75) is 26.8 Å². The summed E-state index contributed by atoms with van der Waals surface area (Å²) in [5.41, 5.74) is 5.53. The van der Waals surface area contributed by atoms with Gasteiger partial charge in [-0.2, -0.15) is 0 Å².